The first-order valence-corrected chi connectivity index (χ1v) is 6.18. The zero-order valence-corrected chi connectivity index (χ0v) is 9.45. The van der Waals surface area contributed by atoms with Crippen LogP contribution >= 0.6 is 0 Å². The van der Waals surface area contributed by atoms with E-state index in [0.29, 0.717) is 12.6 Å². The molecule has 1 saturated carbocycles. The third-order valence-corrected chi connectivity index (χ3v) is 3.64. The van der Waals surface area contributed by atoms with E-state index in [1.54, 1.807) is 6.33 Å². The van der Waals surface area contributed by atoms with Crippen LogP contribution in [0, 0.1) is 5.92 Å². The van der Waals surface area contributed by atoms with Gasteiger partial charge in [0.05, 0.1) is 0 Å². The first-order chi connectivity index (χ1) is 7.88. The van der Waals surface area contributed by atoms with Crippen molar-refractivity contribution in [2.75, 3.05) is 11.9 Å². The monoisotopic (exact) mass is 218 g/mol. The van der Waals surface area contributed by atoms with Crippen molar-refractivity contribution in [3.05, 3.63) is 17.6 Å². The van der Waals surface area contributed by atoms with Crippen LogP contribution in [0.3, 0.4) is 0 Å². The van der Waals surface area contributed by atoms with Gasteiger partial charge >= 0.3 is 0 Å². The topological polar surface area (TPSA) is 63.8 Å². The van der Waals surface area contributed by atoms with Crippen molar-refractivity contribution in [3.63, 3.8) is 0 Å². The van der Waals surface area contributed by atoms with Crippen LogP contribution in [0.5, 0.6) is 0 Å². The second kappa shape index (κ2) is 4.01. The Hall–Kier alpha value is -1.16. The maximum absolute atomic E-state index is 5.80. The fourth-order valence-corrected chi connectivity index (χ4v) is 2.53. The average Bonchev–Trinajstić information content (AvgIpc) is 3.03. The number of aromatic nitrogens is 2. The molecule has 0 bridgehead atoms. The fourth-order valence-electron chi connectivity index (χ4n) is 2.53. The van der Waals surface area contributed by atoms with Crippen molar-refractivity contribution in [2.45, 2.75) is 38.1 Å². The zero-order valence-electron chi connectivity index (χ0n) is 9.45. The lowest BCUT2D eigenvalue weighted by Crippen LogP contribution is -2.31. The van der Waals surface area contributed by atoms with Crippen molar-refractivity contribution in [1.29, 1.82) is 0 Å². The molecule has 1 unspecified atom stereocenters. The Balaban J connectivity index is 1.81. The Morgan fingerprint density at radius 1 is 1.38 bits per heavy atom. The Labute approximate surface area is 95.7 Å². The first kappa shape index (κ1) is 10.0. The van der Waals surface area contributed by atoms with E-state index in [4.69, 9.17) is 5.73 Å². The van der Waals surface area contributed by atoms with Gasteiger partial charge in [-0.25, -0.2) is 9.97 Å². The molecule has 0 spiro atoms. The number of aryl methyl sites for hydroxylation is 1. The Bertz CT molecular complexity index is 387. The minimum Gasteiger partial charge on any atom is -0.365 e. The molecule has 2 aliphatic carbocycles. The molecule has 0 amide bonds. The minimum atomic E-state index is 0.402. The predicted octanol–water partition coefficient (Wildman–Crippen LogP) is 1.11. The SMILES string of the molecule is NCC(Nc1ncnc2c1CCC2)C1CC1. The number of rotatable bonds is 4. The molecule has 86 valence electrons. The summed E-state index contributed by atoms with van der Waals surface area (Å²) in [5.74, 6) is 1.79. The van der Waals surface area contributed by atoms with Crippen LogP contribution in [0.2, 0.25) is 0 Å². The van der Waals surface area contributed by atoms with Gasteiger partial charge < -0.3 is 11.1 Å². The van der Waals surface area contributed by atoms with Gasteiger partial charge in [-0.1, -0.05) is 0 Å². The molecule has 1 atom stereocenters. The van der Waals surface area contributed by atoms with Gasteiger partial charge in [0.15, 0.2) is 0 Å². The zero-order chi connectivity index (χ0) is 11.0. The molecular weight excluding hydrogens is 200 g/mol. The second-order valence-electron chi connectivity index (χ2n) is 4.83. The van der Waals surface area contributed by atoms with Crippen LogP contribution < -0.4 is 11.1 Å². The van der Waals surface area contributed by atoms with Gasteiger partial charge in [-0.05, 0) is 38.0 Å². The Morgan fingerprint density at radius 3 is 3.00 bits per heavy atom. The summed E-state index contributed by atoms with van der Waals surface area (Å²) >= 11 is 0. The predicted molar refractivity (Wildman–Crippen MR) is 63.2 cm³/mol. The average molecular weight is 218 g/mol. The molecule has 1 aromatic rings. The van der Waals surface area contributed by atoms with Crippen molar-refractivity contribution >= 4 is 5.82 Å². The van der Waals surface area contributed by atoms with Crippen LogP contribution in [-0.4, -0.2) is 22.6 Å². The first-order valence-electron chi connectivity index (χ1n) is 6.18. The molecule has 0 aliphatic heterocycles. The van der Waals surface area contributed by atoms with Gasteiger partial charge in [-0.15, -0.1) is 0 Å². The smallest absolute Gasteiger partial charge is 0.133 e. The van der Waals surface area contributed by atoms with Crippen LogP contribution in [-0.2, 0) is 12.8 Å². The molecule has 16 heavy (non-hydrogen) atoms. The van der Waals surface area contributed by atoms with E-state index in [9.17, 15) is 0 Å². The summed E-state index contributed by atoms with van der Waals surface area (Å²) in [6, 6.07) is 0.402. The second-order valence-corrected chi connectivity index (χ2v) is 4.83. The van der Waals surface area contributed by atoms with Crippen LogP contribution in [0.25, 0.3) is 0 Å². The molecule has 4 heteroatoms. The van der Waals surface area contributed by atoms with Gasteiger partial charge in [0.25, 0.3) is 0 Å². The van der Waals surface area contributed by atoms with E-state index in [1.807, 2.05) is 0 Å². The van der Waals surface area contributed by atoms with E-state index in [2.05, 4.69) is 15.3 Å². The maximum Gasteiger partial charge on any atom is 0.133 e. The molecule has 1 fully saturated rings. The molecule has 4 nitrogen and oxygen atoms in total. The Morgan fingerprint density at radius 2 is 2.25 bits per heavy atom. The van der Waals surface area contributed by atoms with E-state index in [-0.39, 0.29) is 0 Å². The number of anilines is 1. The van der Waals surface area contributed by atoms with E-state index in [0.717, 1.165) is 24.6 Å². The summed E-state index contributed by atoms with van der Waals surface area (Å²) in [7, 11) is 0. The molecule has 2 aliphatic rings. The lowest BCUT2D eigenvalue weighted by molar-refractivity contribution is 0.641. The van der Waals surface area contributed by atoms with E-state index >= 15 is 0 Å². The molecular formula is C12H18N4. The van der Waals surface area contributed by atoms with Gasteiger partial charge in [-0.3, -0.25) is 0 Å². The minimum absolute atomic E-state index is 0.402. The van der Waals surface area contributed by atoms with E-state index < -0.39 is 0 Å². The van der Waals surface area contributed by atoms with Crippen molar-refractivity contribution in [2.24, 2.45) is 11.7 Å². The third kappa shape index (κ3) is 1.78. The quantitative estimate of drug-likeness (QED) is 0.794. The lowest BCUT2D eigenvalue weighted by Gasteiger charge is -2.18. The summed E-state index contributed by atoms with van der Waals surface area (Å²) in [6.45, 7) is 0.698. The van der Waals surface area contributed by atoms with Gasteiger partial charge in [0.1, 0.15) is 12.1 Å². The maximum atomic E-state index is 5.80. The lowest BCUT2D eigenvalue weighted by atomic mass is 10.1. The van der Waals surface area contributed by atoms with Crippen molar-refractivity contribution in [3.8, 4) is 0 Å². The Kier molecular flexibility index (Phi) is 2.52. The third-order valence-electron chi connectivity index (χ3n) is 3.64. The number of nitrogens with zero attached hydrogens (tertiary/aromatic N) is 2. The molecule has 3 rings (SSSR count). The van der Waals surface area contributed by atoms with Crippen LogP contribution in [0.4, 0.5) is 5.82 Å². The molecule has 1 aromatic heterocycles. The van der Waals surface area contributed by atoms with Crippen LogP contribution in [0.1, 0.15) is 30.5 Å². The van der Waals surface area contributed by atoms with Gasteiger partial charge in [-0.2, -0.15) is 0 Å². The van der Waals surface area contributed by atoms with Crippen molar-refractivity contribution < 1.29 is 0 Å². The molecule has 0 radical (unpaired) electrons. The highest BCUT2D eigenvalue weighted by molar-refractivity contribution is 5.48. The van der Waals surface area contributed by atoms with Crippen molar-refractivity contribution in [1.82, 2.24) is 9.97 Å². The van der Waals surface area contributed by atoms with Crippen LogP contribution in [0.15, 0.2) is 6.33 Å². The van der Waals surface area contributed by atoms with E-state index in [1.165, 1.54) is 30.5 Å². The summed E-state index contributed by atoms with van der Waals surface area (Å²) in [5, 5.41) is 3.51. The standard InChI is InChI=1S/C12H18N4/c13-6-11(8-4-5-8)16-12-9-2-1-3-10(9)14-7-15-12/h7-8,11H,1-6,13H2,(H,14,15,16). The highest BCUT2D eigenvalue weighted by atomic mass is 15.1. The number of hydrogen-bond acceptors (Lipinski definition) is 4. The largest absolute Gasteiger partial charge is 0.365 e. The molecule has 3 N–H and O–H groups in total. The number of hydrogen-bond donors (Lipinski definition) is 2. The highest BCUT2D eigenvalue weighted by Gasteiger charge is 2.31. The molecule has 1 heterocycles. The summed E-state index contributed by atoms with van der Waals surface area (Å²) in [5.41, 5.74) is 8.35. The summed E-state index contributed by atoms with van der Waals surface area (Å²) in [6.07, 6.45) is 7.71. The fraction of sp³-hybridized carbons (Fsp3) is 0.667. The number of nitrogens with one attached hydrogen (secondary N) is 1. The summed E-state index contributed by atoms with van der Waals surface area (Å²) < 4.78 is 0. The van der Waals surface area contributed by atoms with Gasteiger partial charge in [0, 0.05) is 23.8 Å². The number of fused-ring (bicyclic) bond motifs is 1. The highest BCUT2D eigenvalue weighted by Crippen LogP contribution is 2.34. The molecule has 0 aromatic carbocycles. The summed E-state index contributed by atoms with van der Waals surface area (Å²) in [4.78, 5) is 8.70. The number of nitrogens with two attached hydrogens (primary N) is 1. The normalized spacial score (nSPS) is 20.6. The molecule has 0 saturated heterocycles. The van der Waals surface area contributed by atoms with Gasteiger partial charge in [0.2, 0.25) is 0 Å².